The number of ketones is 1. The lowest BCUT2D eigenvalue weighted by atomic mass is 10.0. The normalized spacial score (nSPS) is 13.2. The fourth-order valence-electron chi connectivity index (χ4n) is 7.69. The number of methoxy groups -OCH3 is 1. The maximum absolute atomic E-state index is 14.0. The first-order valence-electron chi connectivity index (χ1n) is 25.4. The SMILES string of the molecule is CCCCCCCCCCCCCCCC(=O)N[C@@H](CCOC)C(=O)NCC(=O)N[C@@H](Cc1ccc(O)cc1)C(=O)N[C@@H](CCC(N)=O)C(=O)N[C@@H](CCCCN)C(=O)N[C@@H](CCCCN)C(C)=O. The number of benzene rings is 1. The average Bonchev–Trinajstić information content (AvgIpc) is 3.31. The molecular weight excluding hydrogens is 887 g/mol. The second-order valence-corrected chi connectivity index (χ2v) is 18.0. The van der Waals surface area contributed by atoms with Crippen LogP contribution in [0.4, 0.5) is 0 Å². The maximum atomic E-state index is 14.0. The number of nitrogens with two attached hydrogens (primary N) is 3. The number of carbonyl (C=O) groups is 8. The molecular formula is C50H87N9O10. The Labute approximate surface area is 410 Å². The average molecular weight is 974 g/mol. The highest BCUT2D eigenvalue weighted by Crippen LogP contribution is 2.15. The third kappa shape index (κ3) is 30.2. The summed E-state index contributed by atoms with van der Waals surface area (Å²) in [5.74, 6) is -5.03. The first kappa shape index (κ1) is 61.9. The molecule has 0 fully saturated rings. The number of aromatic hydroxyl groups is 1. The van der Waals surface area contributed by atoms with Gasteiger partial charge in [0.1, 0.15) is 29.9 Å². The van der Waals surface area contributed by atoms with Gasteiger partial charge < -0.3 is 58.9 Å². The van der Waals surface area contributed by atoms with Crippen molar-refractivity contribution in [3.8, 4) is 5.75 Å². The number of amides is 7. The lowest BCUT2D eigenvalue weighted by Gasteiger charge is -2.26. The van der Waals surface area contributed by atoms with E-state index in [1.54, 1.807) is 0 Å². The van der Waals surface area contributed by atoms with Crippen molar-refractivity contribution >= 4 is 47.1 Å². The van der Waals surface area contributed by atoms with E-state index in [0.29, 0.717) is 57.2 Å². The number of phenols is 1. The molecule has 0 saturated carbocycles. The molecule has 7 amide bonds. The van der Waals surface area contributed by atoms with Crippen molar-refractivity contribution in [2.24, 2.45) is 17.2 Å². The highest BCUT2D eigenvalue weighted by atomic mass is 16.5. The predicted octanol–water partition coefficient (Wildman–Crippen LogP) is 3.11. The van der Waals surface area contributed by atoms with E-state index in [2.05, 4.69) is 38.8 Å². The third-order valence-corrected chi connectivity index (χ3v) is 11.9. The molecule has 1 rings (SSSR count). The molecule has 0 spiro atoms. The Hall–Kier alpha value is -5.14. The number of nitrogens with one attached hydrogen (secondary N) is 6. The van der Waals surface area contributed by atoms with E-state index in [0.717, 1.165) is 19.3 Å². The van der Waals surface area contributed by atoms with Crippen LogP contribution in [-0.2, 0) is 49.5 Å². The standard InChI is InChI=1S/C50H87N9O10/c1-4-5-6-7-8-9-10-11-12-13-14-15-16-23-45(63)55-42(30-33-69-3)47(65)54-35-46(64)56-43(34-37-24-26-38(61)27-25-37)50(68)59-41(28-29-44(53)62)49(67)58-40(22-18-20-32-52)48(66)57-39(36(2)60)21-17-19-31-51/h24-27,39-43,61H,4-23,28-35,51-52H2,1-3H3,(H2,53,62)(H,54,65)(H,55,63)(H,56,64)(H,57,66)(H,58,67)(H,59,68)/t39-,40-,41-,42-,43-/m0/s1. The Bertz CT molecular complexity index is 1670. The van der Waals surface area contributed by atoms with Crippen LogP contribution in [0, 0.1) is 0 Å². The van der Waals surface area contributed by atoms with Crippen LogP contribution in [0.2, 0.25) is 0 Å². The summed E-state index contributed by atoms with van der Waals surface area (Å²) >= 11 is 0. The van der Waals surface area contributed by atoms with Gasteiger partial charge >= 0.3 is 0 Å². The molecule has 0 heterocycles. The van der Waals surface area contributed by atoms with E-state index in [-0.39, 0.29) is 62.6 Å². The molecule has 69 heavy (non-hydrogen) atoms. The number of Topliss-reactive ketones (excluding diaryl/α,β-unsaturated/α-hetero) is 1. The van der Waals surface area contributed by atoms with Crippen LogP contribution in [0.15, 0.2) is 24.3 Å². The molecule has 13 N–H and O–H groups in total. The number of carbonyl (C=O) groups excluding carboxylic acids is 8. The quantitative estimate of drug-likeness (QED) is 0.0423. The molecule has 0 aromatic heterocycles. The van der Waals surface area contributed by atoms with Crippen LogP contribution in [0.1, 0.15) is 167 Å². The molecule has 0 aliphatic heterocycles. The Balaban J connectivity index is 3.04. The number of primary amides is 1. The Kier molecular flexibility index (Phi) is 34.7. The summed E-state index contributed by atoms with van der Waals surface area (Å²) in [5, 5.41) is 25.7. The minimum absolute atomic E-state index is 0.0376. The van der Waals surface area contributed by atoms with Gasteiger partial charge in [0.15, 0.2) is 5.78 Å². The topological polar surface area (TPSA) is 316 Å². The van der Waals surface area contributed by atoms with Gasteiger partial charge in [-0.05, 0) is 95.5 Å². The molecule has 0 unspecified atom stereocenters. The van der Waals surface area contributed by atoms with Gasteiger partial charge in [0.05, 0.1) is 12.6 Å². The smallest absolute Gasteiger partial charge is 0.243 e. The van der Waals surface area contributed by atoms with E-state index in [1.807, 2.05) is 0 Å². The van der Waals surface area contributed by atoms with Gasteiger partial charge in [-0.25, -0.2) is 0 Å². The number of phenolic OH excluding ortho intramolecular Hbond substituents is 1. The predicted molar refractivity (Wildman–Crippen MR) is 266 cm³/mol. The summed E-state index contributed by atoms with van der Waals surface area (Å²) in [6.07, 6.45) is 17.7. The fourth-order valence-corrected chi connectivity index (χ4v) is 7.69. The van der Waals surface area contributed by atoms with Crippen LogP contribution in [0.25, 0.3) is 0 Å². The molecule has 0 aliphatic carbocycles. The van der Waals surface area contributed by atoms with Crippen molar-refractivity contribution in [2.45, 2.75) is 198 Å². The highest BCUT2D eigenvalue weighted by molar-refractivity contribution is 5.96. The first-order chi connectivity index (χ1) is 33.1. The minimum Gasteiger partial charge on any atom is -0.508 e. The largest absolute Gasteiger partial charge is 0.508 e. The molecule has 19 nitrogen and oxygen atoms in total. The molecule has 0 aliphatic rings. The van der Waals surface area contributed by atoms with Gasteiger partial charge in [0.2, 0.25) is 41.4 Å². The molecule has 0 radical (unpaired) electrons. The summed E-state index contributed by atoms with van der Waals surface area (Å²) in [6.45, 7) is 3.92. The summed E-state index contributed by atoms with van der Waals surface area (Å²) < 4.78 is 5.16. The molecule has 19 heteroatoms. The molecule has 392 valence electrons. The van der Waals surface area contributed by atoms with E-state index in [4.69, 9.17) is 21.9 Å². The van der Waals surface area contributed by atoms with Crippen LogP contribution in [0.3, 0.4) is 0 Å². The Morgan fingerprint density at radius 3 is 1.51 bits per heavy atom. The zero-order valence-corrected chi connectivity index (χ0v) is 41.8. The van der Waals surface area contributed by atoms with Crippen molar-refractivity contribution in [1.29, 1.82) is 0 Å². The zero-order chi connectivity index (χ0) is 51.2. The number of unbranched alkanes of at least 4 members (excludes halogenated alkanes) is 14. The van der Waals surface area contributed by atoms with Crippen molar-refractivity contribution in [3.63, 3.8) is 0 Å². The molecule has 1 aromatic rings. The van der Waals surface area contributed by atoms with E-state index >= 15 is 0 Å². The number of hydrogen-bond acceptors (Lipinski definition) is 12. The highest BCUT2D eigenvalue weighted by Gasteiger charge is 2.31. The minimum atomic E-state index is -1.41. The van der Waals surface area contributed by atoms with Gasteiger partial charge in [0, 0.05) is 33.0 Å². The fraction of sp³-hybridized carbons (Fsp3) is 0.720. The van der Waals surface area contributed by atoms with Crippen LogP contribution >= 0.6 is 0 Å². The lowest BCUT2D eigenvalue weighted by Crippen LogP contribution is -2.58. The van der Waals surface area contributed by atoms with Crippen LogP contribution in [-0.4, -0.2) is 116 Å². The molecule has 0 saturated heterocycles. The van der Waals surface area contributed by atoms with Gasteiger partial charge in [-0.1, -0.05) is 96.1 Å². The van der Waals surface area contributed by atoms with Crippen LogP contribution < -0.4 is 49.1 Å². The van der Waals surface area contributed by atoms with Crippen molar-refractivity contribution in [2.75, 3.05) is 33.4 Å². The first-order valence-corrected chi connectivity index (χ1v) is 25.4. The number of hydrogen-bond donors (Lipinski definition) is 10. The number of ether oxygens (including phenoxy) is 1. The molecule has 1 aromatic carbocycles. The van der Waals surface area contributed by atoms with Crippen molar-refractivity contribution in [1.82, 2.24) is 31.9 Å². The summed E-state index contributed by atoms with van der Waals surface area (Å²) in [6, 6.07) is 0.173. The lowest BCUT2D eigenvalue weighted by molar-refractivity contribution is -0.135. The number of rotatable bonds is 42. The van der Waals surface area contributed by atoms with Crippen molar-refractivity contribution in [3.05, 3.63) is 29.8 Å². The second-order valence-electron chi connectivity index (χ2n) is 18.0. The van der Waals surface area contributed by atoms with Gasteiger partial charge in [0.25, 0.3) is 0 Å². The van der Waals surface area contributed by atoms with Gasteiger partial charge in [-0.15, -0.1) is 0 Å². The van der Waals surface area contributed by atoms with E-state index < -0.39 is 72.2 Å². The maximum Gasteiger partial charge on any atom is 0.243 e. The third-order valence-electron chi connectivity index (χ3n) is 11.9. The zero-order valence-electron chi connectivity index (χ0n) is 41.8. The summed E-state index contributed by atoms with van der Waals surface area (Å²) in [4.78, 5) is 105. The van der Waals surface area contributed by atoms with Gasteiger partial charge in [-0.2, -0.15) is 0 Å². The summed E-state index contributed by atoms with van der Waals surface area (Å²) in [7, 11) is 1.47. The molecule has 5 atom stereocenters. The van der Waals surface area contributed by atoms with Crippen LogP contribution in [0.5, 0.6) is 5.75 Å². The monoisotopic (exact) mass is 974 g/mol. The van der Waals surface area contributed by atoms with E-state index in [1.165, 1.54) is 96.1 Å². The molecule has 0 bridgehead atoms. The van der Waals surface area contributed by atoms with Crippen molar-refractivity contribution < 1.29 is 48.2 Å². The van der Waals surface area contributed by atoms with E-state index in [9.17, 15) is 43.5 Å². The Morgan fingerprint density at radius 1 is 0.536 bits per heavy atom. The summed E-state index contributed by atoms with van der Waals surface area (Å²) in [5.41, 5.74) is 17.2. The van der Waals surface area contributed by atoms with Gasteiger partial charge in [-0.3, -0.25) is 38.4 Å². The second kappa shape index (κ2) is 38.7. The Morgan fingerprint density at radius 2 is 1.00 bits per heavy atom.